The molecule has 12 heteroatoms. The van der Waals surface area contributed by atoms with Crippen molar-refractivity contribution >= 4 is 44.3 Å². The van der Waals surface area contributed by atoms with Crippen LogP contribution in [0.15, 0.2) is 29.2 Å². The highest BCUT2D eigenvalue weighted by Gasteiger charge is 2.30. The summed E-state index contributed by atoms with van der Waals surface area (Å²) in [6.07, 6.45) is 1.55. The molecular formula is C24H30N4O6S2. The first-order valence-corrected chi connectivity index (χ1v) is 14.0. The Morgan fingerprint density at radius 3 is 2.50 bits per heavy atom. The van der Waals surface area contributed by atoms with E-state index in [0.717, 1.165) is 29.8 Å². The predicted octanol–water partition coefficient (Wildman–Crippen LogP) is 2.91. The number of fused-ring (bicyclic) bond motifs is 1. The number of piperidine rings is 1. The van der Waals surface area contributed by atoms with Gasteiger partial charge in [0.1, 0.15) is 5.00 Å². The van der Waals surface area contributed by atoms with Gasteiger partial charge in [-0.1, -0.05) is 6.92 Å². The second-order valence-corrected chi connectivity index (χ2v) is 12.3. The number of imide groups is 1. The number of thiophene rings is 1. The SMILES string of the molecule is COC(=O)NC(=O)c1c(NC(=O)c2ccc(S(=O)(=O)N3CCCC(C)C3)cc2)sc2c1CCN(C)C2. The highest BCUT2D eigenvalue weighted by Crippen LogP contribution is 2.37. The number of hydrogen-bond donors (Lipinski definition) is 2. The molecule has 4 rings (SSSR count). The highest BCUT2D eigenvalue weighted by molar-refractivity contribution is 7.89. The van der Waals surface area contributed by atoms with Gasteiger partial charge in [-0.2, -0.15) is 4.31 Å². The fourth-order valence-electron chi connectivity index (χ4n) is 4.53. The molecule has 36 heavy (non-hydrogen) atoms. The number of amides is 3. The highest BCUT2D eigenvalue weighted by atomic mass is 32.2. The van der Waals surface area contributed by atoms with Crippen molar-refractivity contribution in [2.45, 2.75) is 37.6 Å². The van der Waals surface area contributed by atoms with Gasteiger partial charge in [-0.25, -0.2) is 13.2 Å². The molecule has 0 radical (unpaired) electrons. The van der Waals surface area contributed by atoms with Crippen LogP contribution in [0.1, 0.15) is 50.9 Å². The lowest BCUT2D eigenvalue weighted by Crippen LogP contribution is -2.39. The fourth-order valence-corrected chi connectivity index (χ4v) is 7.45. The van der Waals surface area contributed by atoms with Crippen molar-refractivity contribution in [3.8, 4) is 0 Å². The standard InChI is InChI=1S/C24H30N4O6S2/c1-15-5-4-11-28(13-15)36(32,33)17-8-6-16(7-9-17)21(29)25-23-20(22(30)26-24(31)34-3)18-10-12-27(2)14-19(18)35-23/h6-9,15H,4-5,10-14H2,1-3H3,(H,25,29)(H,26,30,31). The smallest absolute Gasteiger partial charge is 0.413 e. The van der Waals surface area contributed by atoms with Crippen molar-refractivity contribution < 1.29 is 27.5 Å². The normalized spacial score (nSPS) is 18.8. The molecule has 0 aliphatic carbocycles. The summed E-state index contributed by atoms with van der Waals surface area (Å²) in [5.74, 6) is -0.818. The van der Waals surface area contributed by atoms with Crippen molar-refractivity contribution in [3.05, 3.63) is 45.8 Å². The quantitative estimate of drug-likeness (QED) is 0.604. The van der Waals surface area contributed by atoms with Gasteiger partial charge in [-0.05, 0) is 62.1 Å². The molecule has 2 aliphatic heterocycles. The van der Waals surface area contributed by atoms with Crippen LogP contribution in [0, 0.1) is 5.92 Å². The molecule has 194 valence electrons. The number of benzene rings is 1. The van der Waals surface area contributed by atoms with Crippen LogP contribution in [0.5, 0.6) is 0 Å². The summed E-state index contributed by atoms with van der Waals surface area (Å²) in [7, 11) is -0.500. The molecule has 1 unspecified atom stereocenters. The zero-order valence-electron chi connectivity index (χ0n) is 20.5. The Hall–Kier alpha value is -2.80. The number of methoxy groups -OCH3 is 1. The van der Waals surface area contributed by atoms with Crippen LogP contribution in [-0.2, 0) is 27.7 Å². The maximum atomic E-state index is 13.1. The number of rotatable bonds is 5. The predicted molar refractivity (Wildman–Crippen MR) is 136 cm³/mol. The lowest BCUT2D eigenvalue weighted by atomic mass is 10.0. The molecule has 1 fully saturated rings. The van der Waals surface area contributed by atoms with Gasteiger partial charge in [0.15, 0.2) is 0 Å². The molecule has 1 atom stereocenters. The van der Waals surface area contributed by atoms with E-state index in [-0.39, 0.29) is 16.0 Å². The molecule has 0 saturated carbocycles. The molecule has 1 aromatic heterocycles. The Kier molecular flexibility index (Phi) is 7.79. The van der Waals surface area contributed by atoms with Crippen LogP contribution < -0.4 is 10.6 Å². The Bertz CT molecular complexity index is 1270. The van der Waals surface area contributed by atoms with Crippen molar-refractivity contribution in [3.63, 3.8) is 0 Å². The van der Waals surface area contributed by atoms with Gasteiger partial charge in [0.25, 0.3) is 11.8 Å². The molecule has 1 saturated heterocycles. The molecule has 2 aliphatic rings. The summed E-state index contributed by atoms with van der Waals surface area (Å²) < 4.78 is 32.1. The van der Waals surface area contributed by atoms with Crippen molar-refractivity contribution in [2.75, 3.05) is 39.1 Å². The molecule has 3 heterocycles. The number of alkyl carbamates (subject to hydrolysis) is 1. The van der Waals surface area contributed by atoms with E-state index in [1.165, 1.54) is 47.0 Å². The molecule has 10 nitrogen and oxygen atoms in total. The number of ether oxygens (including phenoxy) is 1. The minimum Gasteiger partial charge on any atom is -0.453 e. The van der Waals surface area contributed by atoms with Crippen molar-refractivity contribution in [2.24, 2.45) is 5.92 Å². The van der Waals surface area contributed by atoms with E-state index in [1.54, 1.807) is 0 Å². The summed E-state index contributed by atoms with van der Waals surface area (Å²) in [4.78, 5) is 40.7. The van der Waals surface area contributed by atoms with Gasteiger partial charge in [0.05, 0.1) is 17.6 Å². The summed E-state index contributed by atoms with van der Waals surface area (Å²) in [5, 5.41) is 5.30. The average Bonchev–Trinajstić information content (AvgIpc) is 3.20. The minimum atomic E-state index is -3.63. The summed E-state index contributed by atoms with van der Waals surface area (Å²) in [6.45, 7) is 4.37. The second kappa shape index (κ2) is 10.7. The fraction of sp³-hybridized carbons (Fsp3) is 0.458. The Labute approximate surface area is 214 Å². The number of carbonyl (C=O) groups excluding carboxylic acids is 3. The summed E-state index contributed by atoms with van der Waals surface area (Å²) in [6, 6.07) is 5.79. The number of nitrogens with zero attached hydrogens (tertiary/aromatic N) is 2. The molecule has 0 spiro atoms. The molecule has 2 N–H and O–H groups in total. The lowest BCUT2D eigenvalue weighted by Gasteiger charge is -2.30. The molecule has 2 aromatic rings. The van der Waals surface area contributed by atoms with E-state index >= 15 is 0 Å². The number of likely N-dealkylation sites (N-methyl/N-ethyl adjacent to an activating group) is 1. The number of hydrogen-bond acceptors (Lipinski definition) is 8. The van der Waals surface area contributed by atoms with Crippen LogP contribution in [0.25, 0.3) is 0 Å². The van der Waals surface area contributed by atoms with E-state index in [0.29, 0.717) is 37.0 Å². The van der Waals surface area contributed by atoms with Gasteiger partial charge < -0.3 is 15.0 Å². The second-order valence-electron chi connectivity index (χ2n) is 9.23. The topological polar surface area (TPSA) is 125 Å². The monoisotopic (exact) mass is 534 g/mol. The largest absolute Gasteiger partial charge is 0.453 e. The molecule has 3 amide bonds. The third-order valence-corrected chi connectivity index (χ3v) is 9.49. The molecular weight excluding hydrogens is 504 g/mol. The van der Waals surface area contributed by atoms with E-state index in [2.05, 4.69) is 20.3 Å². The van der Waals surface area contributed by atoms with Gasteiger partial charge in [0, 0.05) is 36.6 Å². The maximum Gasteiger partial charge on any atom is 0.413 e. The first kappa shape index (κ1) is 26.3. The van der Waals surface area contributed by atoms with E-state index in [1.807, 2.05) is 14.0 Å². The van der Waals surface area contributed by atoms with Crippen LogP contribution in [-0.4, -0.2) is 69.3 Å². The lowest BCUT2D eigenvalue weighted by molar-refractivity contribution is 0.0936. The molecule has 1 aromatic carbocycles. The van der Waals surface area contributed by atoms with Gasteiger partial charge in [0.2, 0.25) is 10.0 Å². The van der Waals surface area contributed by atoms with Crippen molar-refractivity contribution in [1.82, 2.24) is 14.5 Å². The number of carbonyl (C=O) groups is 3. The summed E-state index contributed by atoms with van der Waals surface area (Å²) in [5.41, 5.74) is 1.30. The Morgan fingerprint density at radius 2 is 1.83 bits per heavy atom. The third kappa shape index (κ3) is 5.46. The van der Waals surface area contributed by atoms with Crippen molar-refractivity contribution in [1.29, 1.82) is 0 Å². The molecule has 0 bridgehead atoms. The number of anilines is 1. The summed E-state index contributed by atoms with van der Waals surface area (Å²) >= 11 is 1.29. The first-order chi connectivity index (χ1) is 17.1. The minimum absolute atomic E-state index is 0.140. The van der Waals surface area contributed by atoms with E-state index < -0.39 is 27.9 Å². The third-order valence-electron chi connectivity index (χ3n) is 6.48. The van der Waals surface area contributed by atoms with Gasteiger partial charge >= 0.3 is 6.09 Å². The van der Waals surface area contributed by atoms with Crippen LogP contribution >= 0.6 is 11.3 Å². The van der Waals surface area contributed by atoms with Crippen LogP contribution in [0.2, 0.25) is 0 Å². The van der Waals surface area contributed by atoms with Gasteiger partial charge in [-0.15, -0.1) is 11.3 Å². The number of nitrogens with one attached hydrogen (secondary N) is 2. The van der Waals surface area contributed by atoms with Gasteiger partial charge in [-0.3, -0.25) is 14.9 Å². The van der Waals surface area contributed by atoms with E-state index in [9.17, 15) is 22.8 Å². The zero-order valence-corrected chi connectivity index (χ0v) is 22.1. The zero-order chi connectivity index (χ0) is 26.0. The Morgan fingerprint density at radius 1 is 1.11 bits per heavy atom. The van der Waals surface area contributed by atoms with E-state index in [4.69, 9.17) is 0 Å². The first-order valence-electron chi connectivity index (χ1n) is 11.7. The van der Waals surface area contributed by atoms with Crippen LogP contribution in [0.3, 0.4) is 0 Å². The number of sulfonamides is 1. The maximum absolute atomic E-state index is 13.1. The van der Waals surface area contributed by atoms with Crippen LogP contribution in [0.4, 0.5) is 9.80 Å². The average molecular weight is 535 g/mol. The Balaban J connectivity index is 1.56.